The van der Waals surface area contributed by atoms with Crippen LogP contribution < -0.4 is 19.5 Å². The number of hydrogen-bond acceptors (Lipinski definition) is 8. The van der Waals surface area contributed by atoms with Crippen LogP contribution >= 0.6 is 11.8 Å². The Hall–Kier alpha value is -3.79. The van der Waals surface area contributed by atoms with Crippen molar-refractivity contribution >= 4 is 29.0 Å². The Labute approximate surface area is 188 Å². The lowest BCUT2D eigenvalue weighted by molar-refractivity contribution is -0.386. The lowest BCUT2D eigenvalue weighted by Crippen LogP contribution is -2.15. The van der Waals surface area contributed by atoms with E-state index in [4.69, 9.17) is 14.2 Å². The zero-order chi connectivity index (χ0) is 23.1. The first-order valence-corrected chi connectivity index (χ1v) is 10.4. The number of hydrogen-bond donors (Lipinski definition) is 1. The van der Waals surface area contributed by atoms with E-state index in [1.165, 1.54) is 27.4 Å². The SMILES string of the molecule is COc1cc(C(=O)Nc2cccc(CSc3ccccn3)c2)c([N+](=O)[O-])c(OC)c1OC. The second kappa shape index (κ2) is 10.5. The Balaban J connectivity index is 1.87. The lowest BCUT2D eigenvalue weighted by atomic mass is 10.1. The molecule has 1 N–H and O–H groups in total. The van der Waals surface area contributed by atoms with Gasteiger partial charge in [0.25, 0.3) is 5.91 Å². The smallest absolute Gasteiger partial charge is 0.327 e. The maximum atomic E-state index is 13.0. The minimum absolute atomic E-state index is 0.0341. The minimum Gasteiger partial charge on any atom is -0.493 e. The number of ether oxygens (including phenoxy) is 3. The molecule has 0 aliphatic heterocycles. The summed E-state index contributed by atoms with van der Waals surface area (Å²) in [5, 5.41) is 15.3. The first kappa shape index (κ1) is 22.9. The van der Waals surface area contributed by atoms with Crippen molar-refractivity contribution in [1.29, 1.82) is 0 Å². The molecule has 3 aromatic rings. The van der Waals surface area contributed by atoms with E-state index in [0.29, 0.717) is 11.4 Å². The Morgan fingerprint density at radius 3 is 2.47 bits per heavy atom. The number of nitrogens with one attached hydrogen (secondary N) is 1. The number of amides is 1. The van der Waals surface area contributed by atoms with E-state index < -0.39 is 16.5 Å². The molecule has 0 spiro atoms. The van der Waals surface area contributed by atoms with Crippen molar-refractivity contribution in [3.8, 4) is 17.2 Å². The van der Waals surface area contributed by atoms with Crippen LogP contribution in [-0.4, -0.2) is 37.1 Å². The number of benzene rings is 2. The summed E-state index contributed by atoms with van der Waals surface area (Å²) in [5.74, 6) is -0.0502. The number of pyridine rings is 1. The first-order valence-electron chi connectivity index (χ1n) is 9.40. The van der Waals surface area contributed by atoms with Crippen LogP contribution in [-0.2, 0) is 5.75 Å². The van der Waals surface area contributed by atoms with Crippen molar-refractivity contribution < 1.29 is 23.9 Å². The molecule has 1 heterocycles. The van der Waals surface area contributed by atoms with E-state index >= 15 is 0 Å². The van der Waals surface area contributed by atoms with E-state index in [1.807, 2.05) is 24.3 Å². The van der Waals surface area contributed by atoms with Gasteiger partial charge in [0.1, 0.15) is 5.56 Å². The van der Waals surface area contributed by atoms with E-state index in [-0.39, 0.29) is 22.8 Å². The second-order valence-corrected chi connectivity index (χ2v) is 7.41. The van der Waals surface area contributed by atoms with E-state index in [9.17, 15) is 14.9 Å². The van der Waals surface area contributed by atoms with Crippen LogP contribution in [0.1, 0.15) is 15.9 Å². The number of nitrogens with zero attached hydrogens (tertiary/aromatic N) is 2. The van der Waals surface area contributed by atoms with E-state index in [1.54, 1.807) is 36.2 Å². The Kier molecular flexibility index (Phi) is 7.50. The number of carbonyl (C=O) groups is 1. The summed E-state index contributed by atoms with van der Waals surface area (Å²) >= 11 is 1.56. The Morgan fingerprint density at radius 2 is 1.84 bits per heavy atom. The molecule has 0 fully saturated rings. The van der Waals surface area contributed by atoms with Gasteiger partial charge in [-0.15, -0.1) is 11.8 Å². The maximum Gasteiger partial charge on any atom is 0.327 e. The summed E-state index contributed by atoms with van der Waals surface area (Å²) in [7, 11) is 3.96. The molecule has 166 valence electrons. The van der Waals surface area contributed by atoms with Crippen molar-refractivity contribution in [2.24, 2.45) is 0 Å². The topological polar surface area (TPSA) is 113 Å². The van der Waals surface area contributed by atoms with Gasteiger partial charge >= 0.3 is 5.69 Å². The molecule has 0 saturated carbocycles. The zero-order valence-corrected chi connectivity index (χ0v) is 18.5. The van der Waals surface area contributed by atoms with E-state index in [0.717, 1.165) is 10.6 Å². The highest BCUT2D eigenvalue weighted by molar-refractivity contribution is 7.98. The Bertz CT molecular complexity index is 1120. The molecule has 0 atom stereocenters. The van der Waals surface area contributed by atoms with E-state index in [2.05, 4.69) is 10.3 Å². The third-order valence-electron chi connectivity index (χ3n) is 4.44. The molecular formula is C22H21N3O6S. The van der Waals surface area contributed by atoms with Gasteiger partial charge in [-0.1, -0.05) is 18.2 Å². The number of rotatable bonds is 9. The van der Waals surface area contributed by atoms with Crippen LogP contribution in [0.3, 0.4) is 0 Å². The quantitative estimate of drug-likeness (QED) is 0.284. The normalized spacial score (nSPS) is 10.3. The van der Waals surface area contributed by atoms with Crippen molar-refractivity contribution in [3.05, 3.63) is 76.0 Å². The van der Waals surface area contributed by atoms with Gasteiger partial charge in [0.2, 0.25) is 11.5 Å². The summed E-state index contributed by atoms with van der Waals surface area (Å²) in [5.41, 5.74) is 0.734. The average molecular weight is 455 g/mol. The van der Waals surface area contributed by atoms with Gasteiger partial charge in [0.15, 0.2) is 5.75 Å². The van der Waals surface area contributed by atoms with Crippen molar-refractivity contribution in [2.45, 2.75) is 10.8 Å². The molecule has 0 unspecified atom stereocenters. The van der Waals surface area contributed by atoms with Crippen LogP contribution in [0, 0.1) is 10.1 Å². The standard InChI is InChI=1S/C22H21N3O6S/c1-29-17-12-16(19(25(27)28)21(31-3)20(17)30-2)22(26)24-15-8-6-7-14(11-15)13-32-18-9-4-5-10-23-18/h4-12H,13H2,1-3H3,(H,24,26). The fourth-order valence-electron chi connectivity index (χ4n) is 3.02. The molecular weight excluding hydrogens is 434 g/mol. The zero-order valence-electron chi connectivity index (χ0n) is 17.7. The number of nitro groups is 1. The predicted octanol–water partition coefficient (Wildman–Crippen LogP) is 4.56. The second-order valence-electron chi connectivity index (χ2n) is 6.41. The summed E-state index contributed by atoms with van der Waals surface area (Å²) in [4.78, 5) is 28.3. The summed E-state index contributed by atoms with van der Waals surface area (Å²) in [6, 6.07) is 14.2. The molecule has 3 rings (SSSR count). The fourth-order valence-corrected chi connectivity index (χ4v) is 3.83. The summed E-state index contributed by atoms with van der Waals surface area (Å²) in [6.45, 7) is 0. The van der Waals surface area contributed by atoms with Crippen LogP contribution in [0.4, 0.5) is 11.4 Å². The fraction of sp³-hybridized carbons (Fsp3) is 0.182. The monoisotopic (exact) mass is 455 g/mol. The van der Waals surface area contributed by atoms with Gasteiger partial charge in [-0.05, 0) is 29.8 Å². The van der Waals surface area contributed by atoms with Gasteiger partial charge in [0, 0.05) is 23.7 Å². The van der Waals surface area contributed by atoms with Gasteiger partial charge in [-0.3, -0.25) is 14.9 Å². The van der Waals surface area contributed by atoms with Crippen LogP contribution in [0.5, 0.6) is 17.2 Å². The minimum atomic E-state index is -0.685. The number of aromatic nitrogens is 1. The molecule has 0 radical (unpaired) electrons. The summed E-state index contributed by atoms with van der Waals surface area (Å²) < 4.78 is 15.6. The lowest BCUT2D eigenvalue weighted by Gasteiger charge is -2.15. The third-order valence-corrected chi connectivity index (χ3v) is 5.46. The molecule has 1 amide bonds. The highest BCUT2D eigenvalue weighted by atomic mass is 32.2. The molecule has 0 aliphatic carbocycles. The number of anilines is 1. The number of nitro benzene ring substituents is 1. The molecule has 0 aliphatic rings. The number of carbonyl (C=O) groups excluding carboxylic acids is 1. The Morgan fingerprint density at radius 1 is 1.06 bits per heavy atom. The van der Waals surface area contributed by atoms with Gasteiger partial charge in [-0.2, -0.15) is 0 Å². The third kappa shape index (κ3) is 5.09. The molecule has 0 bridgehead atoms. The summed E-state index contributed by atoms with van der Waals surface area (Å²) in [6.07, 6.45) is 1.73. The van der Waals surface area contributed by atoms with Crippen molar-refractivity contribution in [1.82, 2.24) is 4.98 Å². The average Bonchev–Trinajstić information content (AvgIpc) is 2.81. The van der Waals surface area contributed by atoms with Gasteiger partial charge < -0.3 is 19.5 Å². The van der Waals surface area contributed by atoms with Crippen molar-refractivity contribution in [2.75, 3.05) is 26.6 Å². The van der Waals surface area contributed by atoms with Gasteiger partial charge in [-0.25, -0.2) is 4.98 Å². The van der Waals surface area contributed by atoms with Crippen LogP contribution in [0.25, 0.3) is 0 Å². The molecule has 0 saturated heterocycles. The molecule has 9 nitrogen and oxygen atoms in total. The maximum absolute atomic E-state index is 13.0. The molecule has 10 heteroatoms. The van der Waals surface area contributed by atoms with Gasteiger partial charge in [0.05, 0.1) is 31.3 Å². The largest absolute Gasteiger partial charge is 0.493 e. The van der Waals surface area contributed by atoms with Crippen LogP contribution in [0.15, 0.2) is 59.8 Å². The molecule has 32 heavy (non-hydrogen) atoms. The number of methoxy groups -OCH3 is 3. The molecule has 1 aromatic heterocycles. The highest BCUT2D eigenvalue weighted by Gasteiger charge is 2.32. The first-order chi connectivity index (χ1) is 15.5. The highest BCUT2D eigenvalue weighted by Crippen LogP contribution is 2.46. The predicted molar refractivity (Wildman–Crippen MR) is 121 cm³/mol. The van der Waals surface area contributed by atoms with Crippen molar-refractivity contribution in [3.63, 3.8) is 0 Å². The van der Waals surface area contributed by atoms with Crippen LogP contribution in [0.2, 0.25) is 0 Å². The number of thioether (sulfide) groups is 1. The molecule has 2 aromatic carbocycles.